The van der Waals surface area contributed by atoms with Crippen LogP contribution in [0.5, 0.6) is 5.75 Å². The molecule has 1 atom stereocenters. The molecule has 2 heterocycles. The van der Waals surface area contributed by atoms with Gasteiger partial charge in [-0.1, -0.05) is 12.1 Å². The third-order valence-electron chi connectivity index (χ3n) is 4.53. The average Bonchev–Trinajstić information content (AvgIpc) is 2.98. The highest BCUT2D eigenvalue weighted by atomic mass is 19.1. The van der Waals surface area contributed by atoms with Gasteiger partial charge in [0.2, 0.25) is 0 Å². The average molecular weight is 324 g/mol. The highest BCUT2D eigenvalue weighted by molar-refractivity contribution is 6.04. The Morgan fingerprint density at radius 2 is 1.96 bits per heavy atom. The van der Waals surface area contributed by atoms with Crippen molar-refractivity contribution in [1.29, 1.82) is 0 Å². The van der Waals surface area contributed by atoms with Gasteiger partial charge in [0.1, 0.15) is 17.3 Å². The van der Waals surface area contributed by atoms with E-state index in [4.69, 9.17) is 4.74 Å². The van der Waals surface area contributed by atoms with E-state index in [1.54, 1.807) is 13.2 Å². The monoisotopic (exact) mass is 324 g/mol. The van der Waals surface area contributed by atoms with Crippen LogP contribution in [0.25, 0.3) is 22.0 Å². The molecule has 122 valence electrons. The van der Waals surface area contributed by atoms with Crippen LogP contribution in [0.1, 0.15) is 23.5 Å². The van der Waals surface area contributed by atoms with Crippen LogP contribution >= 0.6 is 0 Å². The SMILES string of the molecule is COc1ccc(-c2cc(F)cc3cc4n(c23)[C@H](C)CNC4=O)cc1. The lowest BCUT2D eigenvalue weighted by atomic mass is 10.0. The number of carbonyl (C=O) groups excluding carboxylic acids is 1. The second-order valence-electron chi connectivity index (χ2n) is 6.08. The van der Waals surface area contributed by atoms with E-state index in [2.05, 4.69) is 5.32 Å². The summed E-state index contributed by atoms with van der Waals surface area (Å²) in [6, 6.07) is 12.4. The fourth-order valence-electron chi connectivity index (χ4n) is 3.38. The number of hydrogen-bond donors (Lipinski definition) is 1. The van der Waals surface area contributed by atoms with Crippen molar-refractivity contribution >= 4 is 16.8 Å². The summed E-state index contributed by atoms with van der Waals surface area (Å²) in [5.74, 6) is 0.311. The number of fused-ring (bicyclic) bond motifs is 3. The predicted molar refractivity (Wildman–Crippen MR) is 90.9 cm³/mol. The molecular formula is C19H17FN2O2. The van der Waals surface area contributed by atoms with Crippen molar-refractivity contribution in [2.75, 3.05) is 13.7 Å². The zero-order valence-corrected chi connectivity index (χ0v) is 13.5. The number of hydrogen-bond acceptors (Lipinski definition) is 2. The molecule has 0 saturated heterocycles. The molecule has 0 bridgehead atoms. The second-order valence-corrected chi connectivity index (χ2v) is 6.08. The Balaban J connectivity index is 2.02. The van der Waals surface area contributed by atoms with Crippen LogP contribution in [0.4, 0.5) is 4.39 Å². The lowest BCUT2D eigenvalue weighted by Gasteiger charge is -2.25. The first-order chi connectivity index (χ1) is 11.6. The van der Waals surface area contributed by atoms with Crippen LogP contribution in [0, 0.1) is 5.82 Å². The first kappa shape index (κ1) is 14.8. The summed E-state index contributed by atoms with van der Waals surface area (Å²) in [7, 11) is 1.61. The third-order valence-corrected chi connectivity index (χ3v) is 4.53. The predicted octanol–water partition coefficient (Wildman–Crippen LogP) is 3.76. The van der Waals surface area contributed by atoms with E-state index in [-0.39, 0.29) is 17.8 Å². The molecule has 1 aliphatic heterocycles. The van der Waals surface area contributed by atoms with Gasteiger partial charge in [0, 0.05) is 23.5 Å². The van der Waals surface area contributed by atoms with Gasteiger partial charge >= 0.3 is 0 Å². The van der Waals surface area contributed by atoms with E-state index in [0.29, 0.717) is 12.2 Å². The van der Waals surface area contributed by atoms with Crippen molar-refractivity contribution in [3.05, 3.63) is 54.0 Å². The van der Waals surface area contributed by atoms with Gasteiger partial charge in [0.25, 0.3) is 5.91 Å². The Kier molecular flexibility index (Phi) is 3.30. The molecule has 0 fully saturated rings. The Morgan fingerprint density at radius 1 is 1.21 bits per heavy atom. The molecule has 24 heavy (non-hydrogen) atoms. The maximum absolute atomic E-state index is 14.2. The van der Waals surface area contributed by atoms with E-state index in [0.717, 1.165) is 27.8 Å². The van der Waals surface area contributed by atoms with Crippen LogP contribution in [0.3, 0.4) is 0 Å². The first-order valence-corrected chi connectivity index (χ1v) is 7.85. The minimum absolute atomic E-state index is 0.109. The molecule has 0 unspecified atom stereocenters. The van der Waals surface area contributed by atoms with Crippen molar-refractivity contribution < 1.29 is 13.9 Å². The molecule has 1 aromatic heterocycles. The number of rotatable bonds is 2. The van der Waals surface area contributed by atoms with Gasteiger partial charge in [-0.2, -0.15) is 0 Å². The maximum Gasteiger partial charge on any atom is 0.268 e. The zero-order chi connectivity index (χ0) is 16.8. The van der Waals surface area contributed by atoms with Crippen LogP contribution in [-0.2, 0) is 0 Å². The molecule has 4 nitrogen and oxygen atoms in total. The third kappa shape index (κ3) is 2.16. The fraction of sp³-hybridized carbons (Fsp3) is 0.211. The lowest BCUT2D eigenvalue weighted by Crippen LogP contribution is -2.37. The Morgan fingerprint density at radius 3 is 2.67 bits per heavy atom. The smallest absolute Gasteiger partial charge is 0.268 e. The molecule has 1 N–H and O–H groups in total. The standard InChI is InChI=1S/C19H17FN2O2/c1-11-10-21-19(23)17-8-13-7-14(20)9-16(18(13)22(11)17)12-3-5-15(24-2)6-4-12/h3-9,11H,10H2,1-2H3,(H,21,23)/t11-/m1/s1. The van der Waals surface area contributed by atoms with Crippen molar-refractivity contribution in [1.82, 2.24) is 9.88 Å². The maximum atomic E-state index is 14.2. The van der Waals surface area contributed by atoms with Gasteiger partial charge in [-0.25, -0.2) is 4.39 Å². The molecule has 1 amide bonds. The number of nitrogens with one attached hydrogen (secondary N) is 1. The number of amides is 1. The first-order valence-electron chi connectivity index (χ1n) is 7.85. The number of benzene rings is 2. The largest absolute Gasteiger partial charge is 0.497 e. The molecule has 0 spiro atoms. The van der Waals surface area contributed by atoms with Gasteiger partial charge in [0.15, 0.2) is 0 Å². The van der Waals surface area contributed by atoms with E-state index in [1.807, 2.05) is 35.8 Å². The van der Waals surface area contributed by atoms with Crippen molar-refractivity contribution in [2.24, 2.45) is 0 Å². The quantitative estimate of drug-likeness (QED) is 0.780. The van der Waals surface area contributed by atoms with Crippen molar-refractivity contribution in [2.45, 2.75) is 13.0 Å². The molecule has 3 aromatic rings. The van der Waals surface area contributed by atoms with Crippen LogP contribution in [0.15, 0.2) is 42.5 Å². The molecule has 0 saturated carbocycles. The van der Waals surface area contributed by atoms with Crippen LogP contribution < -0.4 is 10.1 Å². The summed E-state index contributed by atoms with van der Waals surface area (Å²) in [6.07, 6.45) is 0. The van der Waals surface area contributed by atoms with Gasteiger partial charge in [-0.15, -0.1) is 0 Å². The minimum atomic E-state index is -0.315. The molecule has 1 aliphatic rings. The highest BCUT2D eigenvalue weighted by Gasteiger charge is 2.26. The summed E-state index contributed by atoms with van der Waals surface area (Å²) in [5, 5.41) is 3.60. The summed E-state index contributed by atoms with van der Waals surface area (Å²) in [5.41, 5.74) is 3.13. The van der Waals surface area contributed by atoms with E-state index in [1.165, 1.54) is 12.1 Å². The van der Waals surface area contributed by atoms with E-state index in [9.17, 15) is 9.18 Å². The molecule has 0 radical (unpaired) electrons. The highest BCUT2D eigenvalue weighted by Crippen LogP contribution is 2.35. The molecule has 5 heteroatoms. The van der Waals surface area contributed by atoms with Gasteiger partial charge in [0.05, 0.1) is 12.6 Å². The number of carbonyl (C=O) groups is 1. The van der Waals surface area contributed by atoms with Gasteiger partial charge < -0.3 is 14.6 Å². The zero-order valence-electron chi connectivity index (χ0n) is 13.5. The number of methoxy groups -OCH3 is 1. The summed E-state index contributed by atoms with van der Waals surface area (Å²) in [4.78, 5) is 12.2. The van der Waals surface area contributed by atoms with E-state index >= 15 is 0 Å². The van der Waals surface area contributed by atoms with Crippen molar-refractivity contribution in [3.8, 4) is 16.9 Å². The van der Waals surface area contributed by atoms with Crippen LogP contribution in [-0.4, -0.2) is 24.1 Å². The van der Waals surface area contributed by atoms with Gasteiger partial charge in [-0.05, 0) is 42.8 Å². The number of halogens is 1. The number of nitrogens with zero attached hydrogens (tertiary/aromatic N) is 1. The fourth-order valence-corrected chi connectivity index (χ4v) is 3.38. The normalized spacial score (nSPS) is 16.8. The number of aromatic nitrogens is 1. The summed E-state index contributed by atoms with van der Waals surface area (Å²) < 4.78 is 21.4. The van der Waals surface area contributed by atoms with Crippen molar-refractivity contribution in [3.63, 3.8) is 0 Å². The van der Waals surface area contributed by atoms with Crippen LogP contribution in [0.2, 0.25) is 0 Å². The Labute approximate surface area is 138 Å². The van der Waals surface area contributed by atoms with Gasteiger partial charge in [-0.3, -0.25) is 4.79 Å². The Bertz CT molecular complexity index is 944. The summed E-state index contributed by atoms with van der Waals surface area (Å²) >= 11 is 0. The molecule has 2 aromatic carbocycles. The Hall–Kier alpha value is -2.82. The molecule has 0 aliphatic carbocycles. The topological polar surface area (TPSA) is 43.3 Å². The lowest BCUT2D eigenvalue weighted by molar-refractivity contribution is 0.0919. The number of ether oxygens (including phenoxy) is 1. The minimum Gasteiger partial charge on any atom is -0.497 e. The summed E-state index contributed by atoms with van der Waals surface area (Å²) in [6.45, 7) is 2.61. The van der Waals surface area contributed by atoms with E-state index < -0.39 is 0 Å². The molecule has 4 rings (SSSR count). The second kappa shape index (κ2) is 5.37. The molecular weight excluding hydrogens is 307 g/mol.